The van der Waals surface area contributed by atoms with Gasteiger partial charge in [0.2, 0.25) is 0 Å². The van der Waals surface area contributed by atoms with E-state index in [1.807, 2.05) is 24.3 Å². The van der Waals surface area contributed by atoms with Crippen LogP contribution >= 0.6 is 11.6 Å². The molecule has 22 heavy (non-hydrogen) atoms. The molecule has 0 radical (unpaired) electrons. The molecule has 0 amide bonds. The Morgan fingerprint density at radius 3 is 2.36 bits per heavy atom. The van der Waals surface area contributed by atoms with Gasteiger partial charge in [-0.2, -0.15) is 5.10 Å². The van der Waals surface area contributed by atoms with Gasteiger partial charge in [0.15, 0.2) is 5.82 Å². The zero-order valence-electron chi connectivity index (χ0n) is 13.4. The first kappa shape index (κ1) is 16.8. The standard InChI is InChI=1S/C17H24ClN3O/c1-3-11-20(12-4-2)16-14-8-5-6-9-15(14)17(22)21(19-16)13-7-10-18/h5-6,8-9H,3-4,7,10-13H2,1-2H3. The monoisotopic (exact) mass is 321 g/mol. The lowest BCUT2D eigenvalue weighted by Gasteiger charge is -2.24. The van der Waals surface area contributed by atoms with Gasteiger partial charge in [0.25, 0.3) is 5.56 Å². The van der Waals surface area contributed by atoms with E-state index in [0.717, 1.165) is 48.9 Å². The molecule has 0 saturated carbocycles. The largest absolute Gasteiger partial charge is 0.355 e. The zero-order valence-corrected chi connectivity index (χ0v) is 14.1. The smallest absolute Gasteiger partial charge is 0.274 e. The lowest BCUT2D eigenvalue weighted by molar-refractivity contribution is 0.569. The third-order valence-corrected chi connectivity index (χ3v) is 3.91. The number of alkyl halides is 1. The number of aromatic nitrogens is 2. The van der Waals surface area contributed by atoms with Gasteiger partial charge in [-0.3, -0.25) is 4.79 Å². The van der Waals surface area contributed by atoms with Gasteiger partial charge >= 0.3 is 0 Å². The first-order valence-corrected chi connectivity index (χ1v) is 8.57. The molecule has 0 spiro atoms. The van der Waals surface area contributed by atoms with Crippen LogP contribution in [0.5, 0.6) is 0 Å². The molecule has 1 aromatic heterocycles. The maximum absolute atomic E-state index is 12.6. The Kier molecular flexibility index (Phi) is 6.25. The summed E-state index contributed by atoms with van der Waals surface area (Å²) in [5.74, 6) is 1.44. The van der Waals surface area contributed by atoms with Crippen molar-refractivity contribution in [2.75, 3.05) is 23.9 Å². The predicted octanol–water partition coefficient (Wildman–Crippen LogP) is 3.65. The van der Waals surface area contributed by atoms with Crippen molar-refractivity contribution in [3.63, 3.8) is 0 Å². The Hall–Kier alpha value is -1.55. The predicted molar refractivity (Wildman–Crippen MR) is 94.1 cm³/mol. The van der Waals surface area contributed by atoms with Gasteiger partial charge in [-0.1, -0.05) is 32.0 Å². The molecule has 0 unspecified atom stereocenters. The molecular weight excluding hydrogens is 298 g/mol. The SMILES string of the molecule is CCCN(CCC)c1nn(CCCCl)c(=O)c2ccccc12. The van der Waals surface area contributed by atoms with E-state index in [9.17, 15) is 4.79 Å². The van der Waals surface area contributed by atoms with E-state index in [-0.39, 0.29) is 5.56 Å². The Morgan fingerprint density at radius 1 is 1.14 bits per heavy atom. The molecule has 0 bridgehead atoms. The molecule has 0 saturated heterocycles. The fourth-order valence-electron chi connectivity index (χ4n) is 2.68. The van der Waals surface area contributed by atoms with Crippen molar-refractivity contribution in [1.82, 2.24) is 9.78 Å². The topological polar surface area (TPSA) is 38.1 Å². The van der Waals surface area contributed by atoms with Crippen LogP contribution in [0.1, 0.15) is 33.1 Å². The summed E-state index contributed by atoms with van der Waals surface area (Å²) < 4.78 is 1.57. The number of hydrogen-bond donors (Lipinski definition) is 0. The van der Waals surface area contributed by atoms with Crippen LogP contribution in [0.15, 0.2) is 29.1 Å². The molecule has 0 aliphatic carbocycles. The summed E-state index contributed by atoms with van der Waals surface area (Å²) in [5, 5.41) is 6.32. The van der Waals surface area contributed by atoms with Gasteiger partial charge in [-0.05, 0) is 25.3 Å². The number of fused-ring (bicyclic) bond motifs is 1. The van der Waals surface area contributed by atoms with E-state index in [1.165, 1.54) is 0 Å². The van der Waals surface area contributed by atoms with Crippen molar-refractivity contribution >= 4 is 28.2 Å². The Balaban J connectivity index is 2.59. The molecule has 1 aromatic carbocycles. The highest BCUT2D eigenvalue weighted by molar-refractivity contribution is 6.17. The molecular formula is C17H24ClN3O. The Morgan fingerprint density at radius 2 is 1.77 bits per heavy atom. The molecule has 0 aliphatic rings. The number of halogens is 1. The average Bonchev–Trinajstić information content (AvgIpc) is 2.54. The van der Waals surface area contributed by atoms with Crippen molar-refractivity contribution in [2.24, 2.45) is 0 Å². The maximum atomic E-state index is 12.6. The number of hydrogen-bond acceptors (Lipinski definition) is 3. The van der Waals surface area contributed by atoms with Crippen LogP contribution in [0.3, 0.4) is 0 Å². The zero-order chi connectivity index (χ0) is 15.9. The highest BCUT2D eigenvalue weighted by Gasteiger charge is 2.15. The lowest BCUT2D eigenvalue weighted by atomic mass is 10.1. The summed E-state index contributed by atoms with van der Waals surface area (Å²) >= 11 is 5.77. The second-order valence-electron chi connectivity index (χ2n) is 5.43. The number of anilines is 1. The maximum Gasteiger partial charge on any atom is 0.274 e. The van der Waals surface area contributed by atoms with Gasteiger partial charge in [-0.15, -0.1) is 11.6 Å². The molecule has 0 fully saturated rings. The average molecular weight is 322 g/mol. The number of benzene rings is 1. The number of rotatable bonds is 8. The molecule has 0 N–H and O–H groups in total. The van der Waals surface area contributed by atoms with Gasteiger partial charge in [-0.25, -0.2) is 4.68 Å². The first-order valence-electron chi connectivity index (χ1n) is 8.03. The highest BCUT2D eigenvalue weighted by Crippen LogP contribution is 2.22. The molecule has 4 nitrogen and oxygen atoms in total. The van der Waals surface area contributed by atoms with Crippen LogP contribution in [-0.4, -0.2) is 28.8 Å². The molecule has 120 valence electrons. The summed E-state index contributed by atoms with van der Waals surface area (Å²) in [6.07, 6.45) is 2.85. The lowest BCUT2D eigenvalue weighted by Crippen LogP contribution is -2.31. The number of aryl methyl sites for hydroxylation is 1. The quantitative estimate of drug-likeness (QED) is 0.696. The van der Waals surface area contributed by atoms with Gasteiger partial charge in [0, 0.05) is 30.9 Å². The van der Waals surface area contributed by atoms with E-state index in [1.54, 1.807) is 4.68 Å². The fraction of sp³-hybridized carbons (Fsp3) is 0.529. The minimum atomic E-state index is -0.0302. The van der Waals surface area contributed by atoms with E-state index in [2.05, 4.69) is 23.8 Å². The third-order valence-electron chi connectivity index (χ3n) is 3.64. The van der Waals surface area contributed by atoms with Gasteiger partial charge in [0.1, 0.15) is 0 Å². The molecule has 0 atom stereocenters. The summed E-state index contributed by atoms with van der Waals surface area (Å²) in [7, 11) is 0. The molecule has 0 aliphatic heterocycles. The van der Waals surface area contributed by atoms with Crippen LogP contribution in [0.25, 0.3) is 10.8 Å². The van der Waals surface area contributed by atoms with E-state index < -0.39 is 0 Å². The summed E-state index contributed by atoms with van der Waals surface area (Å²) in [4.78, 5) is 14.8. The summed E-state index contributed by atoms with van der Waals surface area (Å²) in [6, 6.07) is 7.74. The Bertz CT molecular complexity index is 662. The minimum Gasteiger partial charge on any atom is -0.355 e. The van der Waals surface area contributed by atoms with E-state index >= 15 is 0 Å². The number of nitrogens with zero attached hydrogens (tertiary/aromatic N) is 3. The van der Waals surface area contributed by atoms with Crippen molar-refractivity contribution in [1.29, 1.82) is 0 Å². The first-order chi connectivity index (χ1) is 10.7. The molecule has 1 heterocycles. The molecule has 2 aromatic rings. The highest BCUT2D eigenvalue weighted by atomic mass is 35.5. The van der Waals surface area contributed by atoms with Crippen LogP contribution in [-0.2, 0) is 6.54 Å². The summed E-state index contributed by atoms with van der Waals surface area (Å²) in [5.41, 5.74) is -0.0302. The summed E-state index contributed by atoms with van der Waals surface area (Å²) in [6.45, 7) is 6.77. The van der Waals surface area contributed by atoms with Crippen LogP contribution in [0.4, 0.5) is 5.82 Å². The van der Waals surface area contributed by atoms with Gasteiger partial charge in [0.05, 0.1) is 5.39 Å². The second kappa shape index (κ2) is 8.18. The minimum absolute atomic E-state index is 0.0302. The van der Waals surface area contributed by atoms with Crippen LogP contribution < -0.4 is 10.5 Å². The van der Waals surface area contributed by atoms with Crippen molar-refractivity contribution in [3.8, 4) is 0 Å². The van der Waals surface area contributed by atoms with Crippen molar-refractivity contribution in [3.05, 3.63) is 34.6 Å². The fourth-order valence-corrected chi connectivity index (χ4v) is 2.79. The van der Waals surface area contributed by atoms with Crippen LogP contribution in [0.2, 0.25) is 0 Å². The van der Waals surface area contributed by atoms with E-state index in [4.69, 9.17) is 11.6 Å². The molecule has 5 heteroatoms. The molecule has 2 rings (SSSR count). The van der Waals surface area contributed by atoms with Crippen LogP contribution in [0, 0.1) is 0 Å². The van der Waals surface area contributed by atoms with Crippen molar-refractivity contribution < 1.29 is 0 Å². The second-order valence-corrected chi connectivity index (χ2v) is 5.81. The van der Waals surface area contributed by atoms with E-state index in [0.29, 0.717) is 12.4 Å². The Labute approximate surface area is 136 Å². The third kappa shape index (κ3) is 3.61. The van der Waals surface area contributed by atoms with Gasteiger partial charge < -0.3 is 4.90 Å². The van der Waals surface area contributed by atoms with Crippen molar-refractivity contribution in [2.45, 2.75) is 39.7 Å². The normalized spacial score (nSPS) is 11.0.